The van der Waals surface area contributed by atoms with Gasteiger partial charge in [0.05, 0.1) is 17.5 Å². The summed E-state index contributed by atoms with van der Waals surface area (Å²) in [6.07, 6.45) is 1.36. The standard InChI is InChI=1S/C9H13N5O2S2/c1-6-7(17-5-12-6)3-13-18(15,16)9-8(10)11-4-14(9)2/h4-5,13H,3,10H2,1-2H3. The molecule has 0 saturated carbocycles. The van der Waals surface area contributed by atoms with Crippen LogP contribution >= 0.6 is 11.3 Å². The van der Waals surface area contributed by atoms with Gasteiger partial charge < -0.3 is 10.3 Å². The predicted octanol–water partition coefficient (Wildman–Crippen LogP) is 0.246. The van der Waals surface area contributed by atoms with Gasteiger partial charge in [-0.2, -0.15) is 0 Å². The number of anilines is 1. The number of aryl methyl sites for hydroxylation is 2. The van der Waals surface area contributed by atoms with E-state index >= 15 is 0 Å². The second kappa shape index (κ2) is 4.67. The molecule has 0 amide bonds. The topological polar surface area (TPSA) is 103 Å². The maximum atomic E-state index is 12.1. The first kappa shape index (κ1) is 13.0. The van der Waals surface area contributed by atoms with E-state index in [1.54, 1.807) is 12.6 Å². The summed E-state index contributed by atoms with van der Waals surface area (Å²) in [5, 5.41) is -0.0235. The molecule has 2 heterocycles. The van der Waals surface area contributed by atoms with Crippen LogP contribution in [0.15, 0.2) is 16.9 Å². The zero-order chi connectivity index (χ0) is 13.3. The molecular weight excluding hydrogens is 274 g/mol. The average molecular weight is 287 g/mol. The Morgan fingerprint density at radius 2 is 2.22 bits per heavy atom. The third-order valence-corrected chi connectivity index (χ3v) is 4.90. The molecule has 2 aromatic rings. The average Bonchev–Trinajstić information content (AvgIpc) is 2.83. The first-order valence-electron chi connectivity index (χ1n) is 5.07. The number of hydrogen-bond acceptors (Lipinski definition) is 6. The maximum absolute atomic E-state index is 12.1. The highest BCUT2D eigenvalue weighted by atomic mass is 32.2. The first-order chi connectivity index (χ1) is 8.42. The zero-order valence-corrected chi connectivity index (χ0v) is 11.5. The fraction of sp³-hybridized carbons (Fsp3) is 0.333. The second-order valence-corrected chi connectivity index (χ2v) is 6.35. The van der Waals surface area contributed by atoms with Gasteiger partial charge in [0, 0.05) is 18.5 Å². The van der Waals surface area contributed by atoms with Crippen LogP contribution in [-0.4, -0.2) is 23.0 Å². The van der Waals surface area contributed by atoms with Crippen LogP contribution in [0.1, 0.15) is 10.6 Å². The number of imidazole rings is 1. The fourth-order valence-corrected chi connectivity index (χ4v) is 3.52. The molecule has 0 spiro atoms. The monoisotopic (exact) mass is 287 g/mol. The Hall–Kier alpha value is -1.45. The summed E-state index contributed by atoms with van der Waals surface area (Å²) in [5.41, 5.74) is 8.04. The summed E-state index contributed by atoms with van der Waals surface area (Å²) in [6, 6.07) is 0. The Labute approximate surface area is 109 Å². The smallest absolute Gasteiger partial charge is 0.260 e. The number of nitrogens with zero attached hydrogens (tertiary/aromatic N) is 3. The summed E-state index contributed by atoms with van der Waals surface area (Å²) in [7, 11) is -2.09. The van der Waals surface area contributed by atoms with Crippen molar-refractivity contribution < 1.29 is 8.42 Å². The van der Waals surface area contributed by atoms with Gasteiger partial charge >= 0.3 is 0 Å². The van der Waals surface area contributed by atoms with Crippen LogP contribution in [-0.2, 0) is 23.6 Å². The summed E-state index contributed by atoms with van der Waals surface area (Å²) in [5.74, 6) is -0.00831. The summed E-state index contributed by atoms with van der Waals surface area (Å²) in [6.45, 7) is 2.03. The highest BCUT2D eigenvalue weighted by molar-refractivity contribution is 7.89. The van der Waals surface area contributed by atoms with E-state index in [2.05, 4.69) is 14.7 Å². The minimum atomic E-state index is -3.67. The van der Waals surface area contributed by atoms with Gasteiger partial charge in [-0.05, 0) is 6.92 Å². The Bertz CT molecular complexity index is 639. The van der Waals surface area contributed by atoms with E-state index in [0.717, 1.165) is 10.6 Å². The van der Waals surface area contributed by atoms with E-state index < -0.39 is 10.0 Å². The highest BCUT2D eigenvalue weighted by Gasteiger charge is 2.22. The Kier molecular flexibility index (Phi) is 3.37. The van der Waals surface area contributed by atoms with Gasteiger partial charge in [0.2, 0.25) is 0 Å². The summed E-state index contributed by atoms with van der Waals surface area (Å²) < 4.78 is 28.0. The van der Waals surface area contributed by atoms with E-state index in [4.69, 9.17) is 5.73 Å². The Balaban J connectivity index is 2.21. The van der Waals surface area contributed by atoms with Crippen LogP contribution in [0.25, 0.3) is 0 Å². The SMILES string of the molecule is Cc1ncsc1CNS(=O)(=O)c1c(N)ncn1C. The molecular formula is C9H13N5O2S2. The van der Waals surface area contributed by atoms with E-state index in [1.165, 1.54) is 22.2 Å². The normalized spacial score (nSPS) is 11.9. The molecule has 0 saturated heterocycles. The lowest BCUT2D eigenvalue weighted by Gasteiger charge is -2.07. The fourth-order valence-electron chi connectivity index (χ4n) is 1.49. The minimum Gasteiger partial charge on any atom is -0.381 e. The van der Waals surface area contributed by atoms with Gasteiger partial charge in [0.25, 0.3) is 10.0 Å². The van der Waals surface area contributed by atoms with Gasteiger partial charge in [0.15, 0.2) is 10.8 Å². The number of nitrogens with two attached hydrogens (primary N) is 1. The third-order valence-electron chi connectivity index (χ3n) is 2.43. The van der Waals surface area contributed by atoms with Crippen LogP contribution in [0.4, 0.5) is 5.82 Å². The van der Waals surface area contributed by atoms with E-state index in [0.29, 0.717) is 0 Å². The number of hydrogen-bond donors (Lipinski definition) is 2. The lowest BCUT2D eigenvalue weighted by Crippen LogP contribution is -2.25. The number of nitrogen functional groups attached to an aromatic ring is 1. The lowest BCUT2D eigenvalue weighted by molar-refractivity contribution is 0.572. The van der Waals surface area contributed by atoms with Crippen molar-refractivity contribution in [2.45, 2.75) is 18.5 Å². The number of sulfonamides is 1. The lowest BCUT2D eigenvalue weighted by atomic mass is 10.4. The molecule has 9 heteroatoms. The molecule has 0 aliphatic heterocycles. The van der Waals surface area contributed by atoms with Gasteiger partial charge in [0.1, 0.15) is 0 Å². The summed E-state index contributed by atoms with van der Waals surface area (Å²) >= 11 is 1.40. The highest BCUT2D eigenvalue weighted by Crippen LogP contribution is 2.17. The van der Waals surface area contributed by atoms with Crippen LogP contribution < -0.4 is 10.5 Å². The third kappa shape index (κ3) is 2.37. The number of rotatable bonds is 4. The first-order valence-corrected chi connectivity index (χ1v) is 7.43. The molecule has 0 aliphatic carbocycles. The van der Waals surface area contributed by atoms with Crippen molar-refractivity contribution in [3.05, 3.63) is 22.4 Å². The molecule has 0 aromatic carbocycles. The number of nitrogens with one attached hydrogen (secondary N) is 1. The van der Waals surface area contributed by atoms with E-state index in [-0.39, 0.29) is 17.4 Å². The van der Waals surface area contributed by atoms with E-state index in [9.17, 15) is 8.42 Å². The maximum Gasteiger partial charge on any atom is 0.260 e. The molecule has 0 unspecified atom stereocenters. The Morgan fingerprint density at radius 3 is 2.72 bits per heavy atom. The van der Waals surface area contributed by atoms with Gasteiger partial charge in [-0.1, -0.05) is 0 Å². The number of thiazole rings is 1. The largest absolute Gasteiger partial charge is 0.381 e. The molecule has 2 rings (SSSR count). The Morgan fingerprint density at radius 1 is 1.50 bits per heavy atom. The quantitative estimate of drug-likeness (QED) is 0.839. The number of aromatic nitrogens is 3. The van der Waals surface area contributed by atoms with Crippen LogP contribution in [0, 0.1) is 6.92 Å². The second-order valence-electron chi connectivity index (χ2n) is 3.73. The van der Waals surface area contributed by atoms with Gasteiger partial charge in [-0.3, -0.25) is 0 Å². The van der Waals surface area contributed by atoms with Crippen molar-refractivity contribution in [1.82, 2.24) is 19.3 Å². The van der Waals surface area contributed by atoms with Gasteiger partial charge in [-0.25, -0.2) is 23.1 Å². The molecule has 3 N–H and O–H groups in total. The van der Waals surface area contributed by atoms with Crippen LogP contribution in [0.3, 0.4) is 0 Å². The molecule has 0 atom stereocenters. The van der Waals surface area contributed by atoms with Gasteiger partial charge in [-0.15, -0.1) is 11.3 Å². The van der Waals surface area contributed by atoms with Crippen LogP contribution in [0.5, 0.6) is 0 Å². The molecule has 98 valence electrons. The molecule has 2 aromatic heterocycles. The van der Waals surface area contributed by atoms with E-state index in [1.807, 2.05) is 6.92 Å². The molecule has 7 nitrogen and oxygen atoms in total. The molecule has 0 bridgehead atoms. The summed E-state index contributed by atoms with van der Waals surface area (Å²) in [4.78, 5) is 8.69. The molecule has 0 aliphatic rings. The molecule has 0 radical (unpaired) electrons. The van der Waals surface area contributed by atoms with Crippen LogP contribution in [0.2, 0.25) is 0 Å². The van der Waals surface area contributed by atoms with Crippen molar-refractivity contribution in [3.63, 3.8) is 0 Å². The van der Waals surface area contributed by atoms with Crippen molar-refractivity contribution in [3.8, 4) is 0 Å². The molecule has 0 fully saturated rings. The van der Waals surface area contributed by atoms with Crippen molar-refractivity contribution in [1.29, 1.82) is 0 Å². The van der Waals surface area contributed by atoms with Crippen molar-refractivity contribution in [2.75, 3.05) is 5.73 Å². The predicted molar refractivity (Wildman–Crippen MR) is 68.5 cm³/mol. The molecule has 18 heavy (non-hydrogen) atoms. The zero-order valence-electron chi connectivity index (χ0n) is 9.91. The minimum absolute atomic E-state index is 0.00831. The van der Waals surface area contributed by atoms with Crippen molar-refractivity contribution in [2.24, 2.45) is 7.05 Å². The van der Waals surface area contributed by atoms with Crippen molar-refractivity contribution >= 4 is 27.2 Å².